The van der Waals surface area contributed by atoms with E-state index in [9.17, 15) is 0 Å². The molecule has 2 heterocycles. The molecule has 1 aromatic heterocycles. The molecule has 0 spiro atoms. The zero-order valence-electron chi connectivity index (χ0n) is 10.1. The van der Waals surface area contributed by atoms with E-state index in [4.69, 9.17) is 11.6 Å². The van der Waals surface area contributed by atoms with Crippen molar-refractivity contribution in [1.82, 2.24) is 10.2 Å². The first kappa shape index (κ1) is 11.6. The molecule has 3 rings (SSSR count). The highest BCUT2D eigenvalue weighted by Gasteiger charge is 2.21. The SMILES string of the molecule is Clc1ccc(C2CCN(c3ccn[nH]3)CC2)cc1. The summed E-state index contributed by atoms with van der Waals surface area (Å²) in [5.74, 6) is 1.78. The predicted molar refractivity (Wildman–Crippen MR) is 74.2 cm³/mol. The summed E-state index contributed by atoms with van der Waals surface area (Å²) in [5.41, 5.74) is 1.41. The van der Waals surface area contributed by atoms with Crippen LogP contribution in [0.1, 0.15) is 24.3 Å². The lowest BCUT2D eigenvalue weighted by atomic mass is 9.89. The van der Waals surface area contributed by atoms with Crippen molar-refractivity contribution >= 4 is 17.4 Å². The average molecular weight is 262 g/mol. The molecule has 0 atom stereocenters. The van der Waals surface area contributed by atoms with Crippen LogP contribution >= 0.6 is 11.6 Å². The minimum Gasteiger partial charge on any atom is -0.357 e. The molecule has 0 saturated carbocycles. The van der Waals surface area contributed by atoms with Crippen LogP contribution in [0.5, 0.6) is 0 Å². The smallest absolute Gasteiger partial charge is 0.123 e. The number of hydrogen-bond donors (Lipinski definition) is 1. The first-order valence-corrected chi connectivity index (χ1v) is 6.70. The van der Waals surface area contributed by atoms with Gasteiger partial charge in [-0.1, -0.05) is 23.7 Å². The lowest BCUT2D eigenvalue weighted by Gasteiger charge is -2.32. The number of hydrogen-bond acceptors (Lipinski definition) is 2. The average Bonchev–Trinajstić information content (AvgIpc) is 2.94. The second kappa shape index (κ2) is 5.02. The highest BCUT2D eigenvalue weighted by atomic mass is 35.5. The Labute approximate surface area is 112 Å². The van der Waals surface area contributed by atoms with Crippen LogP contribution in [0, 0.1) is 0 Å². The molecule has 18 heavy (non-hydrogen) atoms. The third-order valence-corrected chi connectivity index (χ3v) is 3.92. The van der Waals surface area contributed by atoms with Gasteiger partial charge in [-0.2, -0.15) is 5.10 Å². The molecule has 0 radical (unpaired) electrons. The number of aromatic amines is 1. The molecule has 0 aliphatic carbocycles. The topological polar surface area (TPSA) is 31.9 Å². The quantitative estimate of drug-likeness (QED) is 0.898. The van der Waals surface area contributed by atoms with E-state index in [1.165, 1.54) is 18.4 Å². The standard InChI is InChI=1S/C14H16ClN3/c15-13-3-1-11(2-4-13)12-6-9-18(10-7-12)14-5-8-16-17-14/h1-5,8,12H,6-7,9-10H2,(H,16,17). The zero-order chi connectivity index (χ0) is 12.4. The van der Waals surface area contributed by atoms with E-state index in [1.54, 1.807) is 6.20 Å². The van der Waals surface area contributed by atoms with Crippen LogP contribution in [-0.2, 0) is 0 Å². The first-order chi connectivity index (χ1) is 8.83. The Morgan fingerprint density at radius 3 is 2.44 bits per heavy atom. The molecular weight excluding hydrogens is 246 g/mol. The van der Waals surface area contributed by atoms with Crippen LogP contribution in [0.4, 0.5) is 5.82 Å². The lowest BCUT2D eigenvalue weighted by Crippen LogP contribution is -2.33. The molecule has 1 N–H and O–H groups in total. The Bertz CT molecular complexity index is 484. The van der Waals surface area contributed by atoms with Crippen molar-refractivity contribution in [3.63, 3.8) is 0 Å². The van der Waals surface area contributed by atoms with Gasteiger partial charge in [0.25, 0.3) is 0 Å². The second-order valence-electron chi connectivity index (χ2n) is 4.75. The second-order valence-corrected chi connectivity index (χ2v) is 5.19. The maximum absolute atomic E-state index is 5.92. The Kier molecular flexibility index (Phi) is 3.24. The van der Waals surface area contributed by atoms with Crippen molar-refractivity contribution in [3.8, 4) is 0 Å². The maximum Gasteiger partial charge on any atom is 0.123 e. The summed E-state index contributed by atoms with van der Waals surface area (Å²) in [7, 11) is 0. The van der Waals surface area contributed by atoms with Crippen molar-refractivity contribution < 1.29 is 0 Å². The van der Waals surface area contributed by atoms with Gasteiger partial charge in [-0.3, -0.25) is 5.10 Å². The van der Waals surface area contributed by atoms with E-state index in [1.807, 2.05) is 18.2 Å². The molecule has 3 nitrogen and oxygen atoms in total. The molecule has 1 aliphatic heterocycles. The molecule has 0 bridgehead atoms. The van der Waals surface area contributed by atoms with Gasteiger partial charge in [0.15, 0.2) is 0 Å². The Morgan fingerprint density at radius 2 is 1.83 bits per heavy atom. The summed E-state index contributed by atoms with van der Waals surface area (Å²) in [4.78, 5) is 2.36. The number of rotatable bonds is 2. The number of piperidine rings is 1. The summed E-state index contributed by atoms with van der Waals surface area (Å²) in [6.07, 6.45) is 4.17. The summed E-state index contributed by atoms with van der Waals surface area (Å²) < 4.78 is 0. The minimum absolute atomic E-state index is 0.654. The molecule has 4 heteroatoms. The third-order valence-electron chi connectivity index (χ3n) is 3.66. The van der Waals surface area contributed by atoms with Crippen LogP contribution in [-0.4, -0.2) is 23.3 Å². The molecule has 1 aromatic carbocycles. The normalized spacial score (nSPS) is 17.1. The van der Waals surface area contributed by atoms with E-state index in [2.05, 4.69) is 27.2 Å². The number of anilines is 1. The van der Waals surface area contributed by atoms with Crippen molar-refractivity contribution in [2.75, 3.05) is 18.0 Å². The van der Waals surface area contributed by atoms with Crippen LogP contribution < -0.4 is 4.90 Å². The van der Waals surface area contributed by atoms with Gasteiger partial charge in [0, 0.05) is 24.2 Å². The number of benzene rings is 1. The molecule has 1 aliphatic rings. The van der Waals surface area contributed by atoms with E-state index < -0.39 is 0 Å². The number of H-pyrrole nitrogens is 1. The molecule has 0 unspecified atom stereocenters. The van der Waals surface area contributed by atoms with Gasteiger partial charge in [-0.25, -0.2) is 0 Å². The van der Waals surface area contributed by atoms with Gasteiger partial charge in [0.2, 0.25) is 0 Å². The van der Waals surface area contributed by atoms with E-state index >= 15 is 0 Å². The summed E-state index contributed by atoms with van der Waals surface area (Å²) in [6.45, 7) is 2.16. The third kappa shape index (κ3) is 2.36. The van der Waals surface area contributed by atoms with E-state index in [-0.39, 0.29) is 0 Å². The Hall–Kier alpha value is -1.48. The molecule has 0 amide bonds. The molecule has 1 fully saturated rings. The van der Waals surface area contributed by atoms with Crippen LogP contribution in [0.25, 0.3) is 0 Å². The van der Waals surface area contributed by atoms with Crippen molar-refractivity contribution in [2.24, 2.45) is 0 Å². The number of halogens is 1. The van der Waals surface area contributed by atoms with Crippen LogP contribution in [0.15, 0.2) is 36.5 Å². The summed E-state index contributed by atoms with van der Waals surface area (Å²) in [6, 6.07) is 10.3. The summed E-state index contributed by atoms with van der Waals surface area (Å²) >= 11 is 5.92. The monoisotopic (exact) mass is 261 g/mol. The Balaban J connectivity index is 1.65. The fourth-order valence-corrected chi connectivity index (χ4v) is 2.74. The van der Waals surface area contributed by atoms with Gasteiger partial charge in [0.05, 0.1) is 6.20 Å². The van der Waals surface area contributed by atoms with Crippen molar-refractivity contribution in [3.05, 3.63) is 47.1 Å². The van der Waals surface area contributed by atoms with Crippen molar-refractivity contribution in [1.29, 1.82) is 0 Å². The number of nitrogens with zero attached hydrogens (tertiary/aromatic N) is 2. The van der Waals surface area contributed by atoms with Gasteiger partial charge in [-0.05, 0) is 36.5 Å². The van der Waals surface area contributed by atoms with Crippen molar-refractivity contribution in [2.45, 2.75) is 18.8 Å². The highest BCUT2D eigenvalue weighted by Crippen LogP contribution is 2.30. The largest absolute Gasteiger partial charge is 0.357 e. The van der Waals surface area contributed by atoms with Gasteiger partial charge in [-0.15, -0.1) is 0 Å². The van der Waals surface area contributed by atoms with Gasteiger partial charge in [0.1, 0.15) is 5.82 Å². The van der Waals surface area contributed by atoms with Gasteiger partial charge < -0.3 is 4.90 Å². The fraction of sp³-hybridized carbons (Fsp3) is 0.357. The predicted octanol–water partition coefficient (Wildman–Crippen LogP) is 3.45. The molecule has 94 valence electrons. The minimum atomic E-state index is 0.654. The van der Waals surface area contributed by atoms with E-state index in [0.29, 0.717) is 5.92 Å². The molecule has 1 saturated heterocycles. The zero-order valence-corrected chi connectivity index (χ0v) is 10.9. The molecule has 2 aromatic rings. The van der Waals surface area contributed by atoms with E-state index in [0.717, 1.165) is 23.9 Å². The highest BCUT2D eigenvalue weighted by molar-refractivity contribution is 6.30. The first-order valence-electron chi connectivity index (χ1n) is 6.33. The summed E-state index contributed by atoms with van der Waals surface area (Å²) in [5, 5.41) is 7.84. The van der Waals surface area contributed by atoms with Crippen LogP contribution in [0.2, 0.25) is 5.02 Å². The lowest BCUT2D eigenvalue weighted by molar-refractivity contribution is 0.502. The van der Waals surface area contributed by atoms with Gasteiger partial charge >= 0.3 is 0 Å². The maximum atomic E-state index is 5.92. The fourth-order valence-electron chi connectivity index (χ4n) is 2.61. The Morgan fingerprint density at radius 1 is 1.11 bits per heavy atom. The molecular formula is C14H16ClN3. The van der Waals surface area contributed by atoms with Crippen LogP contribution in [0.3, 0.4) is 0 Å². The number of nitrogens with one attached hydrogen (secondary N) is 1. The number of aromatic nitrogens is 2.